The van der Waals surface area contributed by atoms with Crippen molar-refractivity contribution in [3.63, 3.8) is 0 Å². The van der Waals surface area contributed by atoms with Crippen LogP contribution in [-0.2, 0) is 13.0 Å². The zero-order valence-electron chi connectivity index (χ0n) is 52.6. The van der Waals surface area contributed by atoms with Crippen LogP contribution in [-0.4, -0.2) is 139 Å². The first-order valence-corrected chi connectivity index (χ1v) is 30.4. The Balaban J connectivity index is 0.00000123. The number of halogens is 4. The van der Waals surface area contributed by atoms with Gasteiger partial charge in [0.1, 0.15) is 18.2 Å². The fourth-order valence-electron chi connectivity index (χ4n) is 9.96. The Kier molecular flexibility index (Phi) is 41.2. The Bertz CT molecular complexity index is 2000. The van der Waals surface area contributed by atoms with E-state index in [1.807, 2.05) is 90.9 Å². The number of likely N-dealkylation sites (N-methyl/N-ethyl adjacent to an activating group) is 2. The lowest BCUT2D eigenvalue weighted by molar-refractivity contribution is 0.0591. The van der Waals surface area contributed by atoms with Crippen molar-refractivity contribution in [3.8, 4) is 0 Å². The summed E-state index contributed by atoms with van der Waals surface area (Å²) < 4.78 is 59.3. The molecule has 8 nitrogen and oxygen atoms in total. The van der Waals surface area contributed by atoms with E-state index in [9.17, 15) is 4.39 Å². The SMILES string of the molecule is C=C(C)c1ccc(N(CCF)CCNCC2CCN(CC)CC2)c(F)c1CC.C=CCCC(C(=C)NC)N(C)Cc1c(C=C)ccc(N2CCN(CC3(F)CCNCC3)CC2)c1F.C=CCCC(C)C(=C)C.CC.CC.CCC. The number of piperazine rings is 1. The zero-order valence-corrected chi connectivity index (χ0v) is 52.6. The molecule has 3 aliphatic rings. The van der Waals surface area contributed by atoms with Crippen molar-refractivity contribution in [2.75, 3.05) is 122 Å². The van der Waals surface area contributed by atoms with Crippen molar-refractivity contribution in [1.82, 2.24) is 30.7 Å². The Morgan fingerprint density at radius 3 is 1.92 bits per heavy atom. The van der Waals surface area contributed by atoms with Crippen LogP contribution in [0.5, 0.6) is 0 Å². The minimum atomic E-state index is -1.11. The maximum Gasteiger partial charge on any atom is 0.151 e. The van der Waals surface area contributed by atoms with E-state index in [0.29, 0.717) is 86.3 Å². The molecule has 3 fully saturated rings. The fourth-order valence-corrected chi connectivity index (χ4v) is 9.96. The van der Waals surface area contributed by atoms with Gasteiger partial charge in [0.25, 0.3) is 0 Å². The summed E-state index contributed by atoms with van der Waals surface area (Å²) in [5.41, 5.74) is 6.02. The van der Waals surface area contributed by atoms with Crippen LogP contribution in [0.1, 0.15) is 156 Å². The summed E-state index contributed by atoms with van der Waals surface area (Å²) in [6.45, 7) is 56.7. The molecule has 452 valence electrons. The molecule has 0 aromatic heterocycles. The van der Waals surface area contributed by atoms with Gasteiger partial charge < -0.3 is 30.7 Å². The molecule has 0 saturated carbocycles. The van der Waals surface area contributed by atoms with Gasteiger partial charge in [0, 0.05) is 83.3 Å². The molecule has 0 aliphatic carbocycles. The van der Waals surface area contributed by atoms with Gasteiger partial charge >= 0.3 is 0 Å². The number of hydrogen-bond donors (Lipinski definition) is 3. The number of alkyl halides is 2. The molecule has 79 heavy (non-hydrogen) atoms. The number of allylic oxidation sites excluding steroid dienone is 4. The number of likely N-dealkylation sites (tertiary alicyclic amines) is 1. The Morgan fingerprint density at radius 1 is 0.823 bits per heavy atom. The smallest absolute Gasteiger partial charge is 0.151 e. The Hall–Kier alpha value is -4.20. The van der Waals surface area contributed by atoms with Gasteiger partial charge in [-0.05, 0) is 159 Å². The van der Waals surface area contributed by atoms with Crippen molar-refractivity contribution >= 4 is 23.0 Å². The Morgan fingerprint density at radius 2 is 1.42 bits per heavy atom. The van der Waals surface area contributed by atoms with E-state index in [4.69, 9.17) is 0 Å². The molecule has 3 heterocycles. The van der Waals surface area contributed by atoms with Crippen LogP contribution >= 0.6 is 0 Å². The third-order valence-corrected chi connectivity index (χ3v) is 15.0. The maximum atomic E-state index is 15.9. The highest BCUT2D eigenvalue weighted by Gasteiger charge is 2.35. The van der Waals surface area contributed by atoms with E-state index >= 15 is 13.2 Å². The first-order valence-electron chi connectivity index (χ1n) is 30.4. The lowest BCUT2D eigenvalue weighted by atomic mass is 9.93. The van der Waals surface area contributed by atoms with Crippen molar-refractivity contribution in [2.45, 2.75) is 159 Å². The van der Waals surface area contributed by atoms with E-state index in [-0.39, 0.29) is 24.2 Å². The molecule has 0 bridgehead atoms. The first-order chi connectivity index (χ1) is 37.9. The summed E-state index contributed by atoms with van der Waals surface area (Å²) >= 11 is 0. The molecule has 0 spiro atoms. The third-order valence-electron chi connectivity index (χ3n) is 15.0. The minimum Gasteiger partial charge on any atom is -0.391 e. The van der Waals surface area contributed by atoms with Crippen molar-refractivity contribution in [1.29, 1.82) is 0 Å². The summed E-state index contributed by atoms with van der Waals surface area (Å²) in [5, 5.41) is 9.90. The third kappa shape index (κ3) is 27.0. The average molecular weight is 1110 g/mol. The number of piperidine rings is 2. The van der Waals surface area contributed by atoms with Crippen LogP contribution in [0.3, 0.4) is 0 Å². The highest BCUT2D eigenvalue weighted by atomic mass is 19.1. The van der Waals surface area contributed by atoms with Crippen molar-refractivity contribution in [2.24, 2.45) is 11.8 Å². The predicted octanol–water partition coefficient (Wildman–Crippen LogP) is 15.3. The molecule has 12 heteroatoms. The lowest BCUT2D eigenvalue weighted by Crippen LogP contribution is -2.53. The second-order valence-corrected chi connectivity index (χ2v) is 21.0. The van der Waals surface area contributed by atoms with E-state index in [2.05, 4.69) is 110 Å². The Labute approximate surface area is 483 Å². The summed E-state index contributed by atoms with van der Waals surface area (Å²) in [4.78, 5) is 10.7. The number of benzene rings is 2. The standard InChI is InChI=1S/C28H43F2N5.C23H37F2N3.C9H16.C3H8.2C2H6/c1-6-8-9-25(22(3)31-4)33(5)20-24-23(7-2)10-11-26(27(24)29)35-18-16-34(17-19-35)21-28(30)12-14-32-15-13-28;1-5-20-21(18(3)4)7-8-22(23(20)25)28(15-11-24)16-12-26-17-19-9-13-27(6-2)14-10-19;1-5-6-7-9(4)8(2)3;1-3-2;2*1-2/h6-7,10-11,25,31-32H,1-3,8-9,12-21H2,4-5H3;7-8,19,26H,3,5-6,9-17H2,1-2,4H3;5,9H,1-2,6-7H2,3-4H3;3H2,1-2H3;2*1-2H3. The first kappa shape index (κ1) is 74.8. The molecule has 0 radical (unpaired) electrons. The lowest BCUT2D eigenvalue weighted by Gasteiger charge is -2.40. The van der Waals surface area contributed by atoms with Crippen LogP contribution in [0.2, 0.25) is 0 Å². The molecule has 2 aromatic carbocycles. The number of nitrogens with zero attached hydrogens (tertiary/aromatic N) is 5. The molecule has 3 saturated heterocycles. The van der Waals surface area contributed by atoms with Gasteiger partial charge in [0.15, 0.2) is 5.82 Å². The fraction of sp³-hybridized carbons (Fsp3) is 0.642. The van der Waals surface area contributed by atoms with Gasteiger partial charge in [-0.2, -0.15) is 0 Å². The number of rotatable bonds is 27. The second-order valence-electron chi connectivity index (χ2n) is 21.0. The average Bonchev–Trinajstić information content (AvgIpc) is 3.50. The largest absolute Gasteiger partial charge is 0.391 e. The number of anilines is 2. The molecular weight excluding hydrogens is 993 g/mol. The summed E-state index contributed by atoms with van der Waals surface area (Å²) in [6, 6.07) is 7.56. The highest BCUT2D eigenvalue weighted by Crippen LogP contribution is 2.32. The van der Waals surface area contributed by atoms with Gasteiger partial charge in [-0.3, -0.25) is 9.80 Å². The molecule has 3 N–H and O–H groups in total. The van der Waals surface area contributed by atoms with Crippen LogP contribution in [0.25, 0.3) is 11.6 Å². The molecule has 0 amide bonds. The van der Waals surface area contributed by atoms with Gasteiger partial charge in [0.05, 0.1) is 11.4 Å². The van der Waals surface area contributed by atoms with Crippen LogP contribution in [0.4, 0.5) is 28.9 Å². The quantitative estimate of drug-likeness (QED) is 0.0465. The normalized spacial score (nSPS) is 16.0. The van der Waals surface area contributed by atoms with Crippen LogP contribution < -0.4 is 25.8 Å². The van der Waals surface area contributed by atoms with E-state index in [1.54, 1.807) is 12.1 Å². The molecular formula is C67H116F4N8. The number of nitrogens with one attached hydrogen (secondary N) is 3. The van der Waals surface area contributed by atoms with Crippen LogP contribution in [0, 0.1) is 23.5 Å². The molecule has 5 rings (SSSR count). The van der Waals surface area contributed by atoms with E-state index in [1.165, 1.54) is 44.3 Å². The topological polar surface area (TPSA) is 52.3 Å². The molecule has 2 unspecified atom stereocenters. The number of hydrogen-bond acceptors (Lipinski definition) is 8. The molecule has 3 aliphatic heterocycles. The summed E-state index contributed by atoms with van der Waals surface area (Å²) in [6.07, 6.45) is 15.0. The maximum absolute atomic E-state index is 15.9. The van der Waals surface area contributed by atoms with Gasteiger partial charge in [-0.15, -0.1) is 13.2 Å². The molecule has 2 atom stereocenters. The minimum absolute atomic E-state index is 0.0604. The summed E-state index contributed by atoms with van der Waals surface area (Å²) in [7, 11) is 3.87. The van der Waals surface area contributed by atoms with E-state index < -0.39 is 12.3 Å². The van der Waals surface area contributed by atoms with E-state index in [0.717, 1.165) is 87.5 Å². The van der Waals surface area contributed by atoms with Gasteiger partial charge in [-0.25, -0.2) is 17.6 Å². The zero-order chi connectivity index (χ0) is 59.9. The predicted molar refractivity (Wildman–Crippen MR) is 342 cm³/mol. The summed E-state index contributed by atoms with van der Waals surface area (Å²) in [5.74, 6) is 0.933. The van der Waals surface area contributed by atoms with Crippen LogP contribution in [0.15, 0.2) is 87.2 Å². The van der Waals surface area contributed by atoms with Gasteiger partial charge in [-0.1, -0.05) is 137 Å². The van der Waals surface area contributed by atoms with Gasteiger partial charge in [0.2, 0.25) is 0 Å². The second kappa shape index (κ2) is 43.5. The van der Waals surface area contributed by atoms with Crippen molar-refractivity contribution < 1.29 is 17.6 Å². The monoisotopic (exact) mass is 1110 g/mol. The highest BCUT2D eigenvalue weighted by molar-refractivity contribution is 5.68. The van der Waals surface area contributed by atoms with Crippen molar-refractivity contribution in [3.05, 3.63) is 121 Å². The molecule has 2 aromatic rings.